The summed E-state index contributed by atoms with van der Waals surface area (Å²) in [6.45, 7) is 8.12. The minimum Gasteiger partial charge on any atom is -0.463 e. The third kappa shape index (κ3) is 12.6. The zero-order valence-corrected chi connectivity index (χ0v) is 26.4. The van der Waals surface area contributed by atoms with Gasteiger partial charge in [-0.1, -0.05) is 51.2 Å². The van der Waals surface area contributed by atoms with Crippen molar-refractivity contribution < 1.29 is 33.6 Å². The van der Waals surface area contributed by atoms with Gasteiger partial charge in [-0.05, 0) is 83.5 Å². The number of esters is 1. The number of ether oxygens (including phenoxy) is 5. The fourth-order valence-electron chi connectivity index (χ4n) is 6.75. The molecule has 5 atom stereocenters. The summed E-state index contributed by atoms with van der Waals surface area (Å²) in [4.78, 5) is 11.7. The molecule has 0 radical (unpaired) electrons. The number of unbranched alkanes of at least 4 members (excludes halogenated alkanes) is 7. The number of carbonyl (C=O) groups excluding carboxylic acids is 1. The summed E-state index contributed by atoms with van der Waals surface area (Å²) in [7, 11) is 0. The molecule has 1 saturated carbocycles. The minimum atomic E-state index is -0.479. The number of hydrogen-bond acceptors (Lipinski definition) is 7. The highest BCUT2D eigenvalue weighted by Crippen LogP contribution is 2.43. The molecule has 0 aromatic rings. The van der Waals surface area contributed by atoms with Crippen LogP contribution in [0.2, 0.25) is 0 Å². The van der Waals surface area contributed by atoms with Gasteiger partial charge in [0.1, 0.15) is 0 Å². The molecule has 0 spiro atoms. The largest absolute Gasteiger partial charge is 0.463 e. The van der Waals surface area contributed by atoms with E-state index < -0.39 is 5.79 Å². The molecule has 41 heavy (non-hydrogen) atoms. The minimum absolute atomic E-state index is 0.0000947. The van der Waals surface area contributed by atoms with Crippen molar-refractivity contribution in [1.29, 1.82) is 0 Å². The highest BCUT2D eigenvalue weighted by atomic mass is 16.7. The van der Waals surface area contributed by atoms with Crippen molar-refractivity contribution >= 4 is 5.97 Å². The van der Waals surface area contributed by atoms with Crippen molar-refractivity contribution in [1.82, 2.24) is 0 Å². The van der Waals surface area contributed by atoms with Gasteiger partial charge in [0.05, 0.1) is 31.5 Å². The molecule has 0 bridgehead atoms. The first-order valence-corrected chi connectivity index (χ1v) is 17.0. The van der Waals surface area contributed by atoms with Crippen LogP contribution in [-0.2, 0) is 28.5 Å². The van der Waals surface area contributed by atoms with Crippen LogP contribution in [0, 0.1) is 11.8 Å². The number of hydrogen-bond donors (Lipinski definition) is 1. The number of allylic oxidation sites excluding steroid dienone is 2. The van der Waals surface area contributed by atoms with Crippen molar-refractivity contribution in [3.05, 3.63) is 12.2 Å². The zero-order chi connectivity index (χ0) is 29.3. The molecule has 7 nitrogen and oxygen atoms in total. The van der Waals surface area contributed by atoms with Crippen molar-refractivity contribution in [2.75, 3.05) is 19.8 Å². The van der Waals surface area contributed by atoms with Crippen LogP contribution in [0.5, 0.6) is 0 Å². The smallest absolute Gasteiger partial charge is 0.306 e. The van der Waals surface area contributed by atoms with Crippen molar-refractivity contribution in [3.8, 4) is 0 Å². The maximum atomic E-state index is 11.7. The lowest BCUT2D eigenvalue weighted by atomic mass is 9.84. The Balaban J connectivity index is 1.51. The fraction of sp³-hybridized carbons (Fsp3) is 0.912. The van der Waals surface area contributed by atoms with Crippen LogP contribution in [0.4, 0.5) is 0 Å². The Kier molecular flexibility index (Phi) is 16.3. The zero-order valence-electron chi connectivity index (χ0n) is 26.4. The first-order valence-electron chi connectivity index (χ1n) is 17.0. The van der Waals surface area contributed by atoms with Gasteiger partial charge in [0, 0.05) is 32.3 Å². The van der Waals surface area contributed by atoms with Gasteiger partial charge in [0.25, 0.3) is 0 Å². The van der Waals surface area contributed by atoms with E-state index in [1.807, 2.05) is 13.8 Å². The Hall–Kier alpha value is -0.990. The number of carbonyl (C=O) groups is 1. The van der Waals surface area contributed by atoms with E-state index in [1.165, 1.54) is 25.7 Å². The van der Waals surface area contributed by atoms with Crippen molar-refractivity contribution in [2.24, 2.45) is 11.8 Å². The molecule has 2 heterocycles. The van der Waals surface area contributed by atoms with Crippen LogP contribution >= 0.6 is 0 Å². The fourth-order valence-corrected chi connectivity index (χ4v) is 6.75. The summed E-state index contributed by atoms with van der Waals surface area (Å²) in [6.07, 6.45) is 22.0. The summed E-state index contributed by atoms with van der Waals surface area (Å²) in [5, 5.41) is 11.2. The maximum Gasteiger partial charge on any atom is 0.306 e. The van der Waals surface area contributed by atoms with Gasteiger partial charge >= 0.3 is 5.97 Å². The van der Waals surface area contributed by atoms with E-state index >= 15 is 0 Å². The van der Waals surface area contributed by atoms with Crippen LogP contribution in [0.1, 0.15) is 136 Å². The van der Waals surface area contributed by atoms with Crippen molar-refractivity contribution in [2.45, 2.75) is 167 Å². The predicted octanol–water partition coefficient (Wildman–Crippen LogP) is 7.63. The first-order chi connectivity index (χ1) is 19.9. The Morgan fingerprint density at radius 2 is 1.73 bits per heavy atom. The van der Waals surface area contributed by atoms with Gasteiger partial charge in [0.2, 0.25) is 0 Å². The van der Waals surface area contributed by atoms with Gasteiger partial charge in [-0.15, -0.1) is 0 Å². The summed E-state index contributed by atoms with van der Waals surface area (Å²) < 4.78 is 30.1. The van der Waals surface area contributed by atoms with Gasteiger partial charge in [0.15, 0.2) is 12.1 Å². The first kappa shape index (κ1) is 34.5. The molecule has 0 aromatic heterocycles. The molecule has 0 aromatic carbocycles. The van der Waals surface area contributed by atoms with E-state index in [0.29, 0.717) is 26.1 Å². The molecule has 0 amide bonds. The number of aliphatic hydroxyl groups is 1. The van der Waals surface area contributed by atoms with Crippen molar-refractivity contribution in [3.63, 3.8) is 0 Å². The van der Waals surface area contributed by atoms with Gasteiger partial charge < -0.3 is 28.8 Å². The Bertz CT molecular complexity index is 727. The average molecular weight is 581 g/mol. The van der Waals surface area contributed by atoms with E-state index in [2.05, 4.69) is 19.1 Å². The van der Waals surface area contributed by atoms with Crippen LogP contribution in [0.3, 0.4) is 0 Å². The molecular formula is C34H60O7. The molecular weight excluding hydrogens is 520 g/mol. The van der Waals surface area contributed by atoms with E-state index in [9.17, 15) is 9.90 Å². The van der Waals surface area contributed by atoms with Crippen LogP contribution in [-0.4, -0.2) is 61.3 Å². The molecule has 1 unspecified atom stereocenters. The monoisotopic (exact) mass is 580 g/mol. The topological polar surface area (TPSA) is 83.5 Å². The standard InChI is InChI=1S/C34H60O7/c1-4-5-6-11-15-21-34(38-24-25-39-34)22-20-29-28(30(35)26-31(29)41-33-19-14-16-23-37-33)17-12-9-7-8-10-13-18-32(36)40-27(2)3/h9,12,27-31,33,35H,4-8,10-11,13-26H2,1-3H3/b12-9-/t28-,29-,30+,31-,33?/m1/s1. The molecule has 1 N–H and O–H groups in total. The Morgan fingerprint density at radius 3 is 2.46 bits per heavy atom. The van der Waals surface area contributed by atoms with Gasteiger partial charge in [-0.3, -0.25) is 4.79 Å². The van der Waals surface area contributed by atoms with E-state index in [1.54, 1.807) is 0 Å². The molecule has 3 fully saturated rings. The second-order valence-corrected chi connectivity index (χ2v) is 12.8. The summed E-state index contributed by atoms with van der Waals surface area (Å²) in [5.41, 5.74) is 0. The molecule has 1 aliphatic carbocycles. The lowest BCUT2D eigenvalue weighted by Crippen LogP contribution is -2.35. The highest BCUT2D eigenvalue weighted by Gasteiger charge is 2.45. The van der Waals surface area contributed by atoms with Gasteiger partial charge in [-0.25, -0.2) is 0 Å². The van der Waals surface area contributed by atoms with E-state index in [4.69, 9.17) is 23.7 Å². The second-order valence-electron chi connectivity index (χ2n) is 12.8. The lowest BCUT2D eigenvalue weighted by Gasteiger charge is -2.33. The molecule has 7 heteroatoms. The summed E-state index contributed by atoms with van der Waals surface area (Å²) in [5.74, 6) is -0.169. The highest BCUT2D eigenvalue weighted by molar-refractivity contribution is 5.69. The maximum absolute atomic E-state index is 11.7. The second kappa shape index (κ2) is 19.3. The average Bonchev–Trinajstić information content (AvgIpc) is 3.53. The SMILES string of the molecule is CCCCCCCC1(CC[C@@H]2[C@@H](C/C=C\CCCCCC(=O)OC(C)C)[C@@H](O)C[C@H]2OC2CCCCO2)OCCO1. The van der Waals surface area contributed by atoms with Gasteiger partial charge in [-0.2, -0.15) is 0 Å². The van der Waals surface area contributed by atoms with Crippen LogP contribution in [0.15, 0.2) is 12.2 Å². The predicted molar refractivity (Wildman–Crippen MR) is 161 cm³/mol. The molecule has 2 saturated heterocycles. The van der Waals surface area contributed by atoms with E-state index in [-0.39, 0.29) is 42.4 Å². The number of rotatable bonds is 20. The number of aliphatic hydroxyl groups excluding tert-OH is 1. The molecule has 2 aliphatic heterocycles. The summed E-state index contributed by atoms with van der Waals surface area (Å²) >= 11 is 0. The third-order valence-electron chi connectivity index (χ3n) is 8.99. The molecule has 238 valence electrons. The Labute approximate surface area is 250 Å². The molecule has 3 rings (SSSR count). The Morgan fingerprint density at radius 1 is 0.951 bits per heavy atom. The van der Waals surface area contributed by atoms with Crippen LogP contribution < -0.4 is 0 Å². The van der Waals surface area contributed by atoms with E-state index in [0.717, 1.165) is 83.7 Å². The normalized spacial score (nSPS) is 28.2. The summed E-state index contributed by atoms with van der Waals surface area (Å²) in [6, 6.07) is 0. The quantitative estimate of drug-likeness (QED) is 0.0900. The molecule has 3 aliphatic rings. The third-order valence-corrected chi connectivity index (χ3v) is 8.99. The van der Waals surface area contributed by atoms with Crippen LogP contribution in [0.25, 0.3) is 0 Å². The lowest BCUT2D eigenvalue weighted by molar-refractivity contribution is -0.201.